The fourth-order valence-electron chi connectivity index (χ4n) is 2.49. The van der Waals surface area contributed by atoms with Gasteiger partial charge in [-0.3, -0.25) is 4.79 Å². The van der Waals surface area contributed by atoms with E-state index in [1.807, 2.05) is 6.92 Å². The highest BCUT2D eigenvalue weighted by Gasteiger charge is 2.18. The number of hydrogen-bond acceptors (Lipinski definition) is 5. The molecule has 0 fully saturated rings. The molecule has 132 valence electrons. The number of anilines is 1. The molecule has 0 unspecified atom stereocenters. The third-order valence-corrected chi connectivity index (χ3v) is 3.82. The van der Waals surface area contributed by atoms with Gasteiger partial charge in [-0.1, -0.05) is 19.1 Å². The van der Waals surface area contributed by atoms with Crippen molar-refractivity contribution in [3.8, 4) is 11.5 Å². The number of hydrogen-bond donors (Lipinski definition) is 1. The number of methoxy groups -OCH3 is 3. The lowest BCUT2D eigenvalue weighted by Gasteiger charge is -2.15. The molecule has 2 rings (SSSR count). The van der Waals surface area contributed by atoms with Crippen LogP contribution in [0.15, 0.2) is 36.4 Å². The molecule has 0 saturated carbocycles. The Morgan fingerprint density at radius 2 is 1.60 bits per heavy atom. The second kappa shape index (κ2) is 8.19. The van der Waals surface area contributed by atoms with Crippen LogP contribution in [0.4, 0.5) is 5.69 Å². The van der Waals surface area contributed by atoms with Crippen molar-refractivity contribution in [3.05, 3.63) is 53.1 Å². The van der Waals surface area contributed by atoms with Gasteiger partial charge in [0.05, 0.1) is 32.6 Å². The maximum atomic E-state index is 12.8. The normalized spacial score (nSPS) is 10.1. The molecule has 6 nitrogen and oxygen atoms in total. The van der Waals surface area contributed by atoms with Crippen LogP contribution in [0.25, 0.3) is 0 Å². The van der Waals surface area contributed by atoms with Crippen LogP contribution in [-0.4, -0.2) is 33.2 Å². The number of ether oxygens (including phenoxy) is 3. The molecule has 0 saturated heterocycles. The van der Waals surface area contributed by atoms with Crippen molar-refractivity contribution in [1.29, 1.82) is 0 Å². The molecule has 1 N–H and O–H groups in total. The monoisotopic (exact) mass is 343 g/mol. The van der Waals surface area contributed by atoms with E-state index >= 15 is 0 Å². The molecule has 1 amide bonds. The van der Waals surface area contributed by atoms with Crippen molar-refractivity contribution in [2.75, 3.05) is 26.6 Å². The van der Waals surface area contributed by atoms with Crippen molar-refractivity contribution in [2.45, 2.75) is 13.3 Å². The zero-order valence-corrected chi connectivity index (χ0v) is 14.7. The Morgan fingerprint density at radius 1 is 0.960 bits per heavy atom. The average Bonchev–Trinajstić information content (AvgIpc) is 2.66. The van der Waals surface area contributed by atoms with E-state index in [1.165, 1.54) is 14.2 Å². The van der Waals surface area contributed by atoms with Crippen molar-refractivity contribution in [2.24, 2.45) is 0 Å². The van der Waals surface area contributed by atoms with Crippen LogP contribution in [-0.2, 0) is 11.2 Å². The summed E-state index contributed by atoms with van der Waals surface area (Å²) in [6, 6.07) is 10.1. The third kappa shape index (κ3) is 3.91. The Kier molecular flexibility index (Phi) is 6.00. The lowest BCUT2D eigenvalue weighted by molar-refractivity contribution is 0.0602. The standard InChI is InChI=1S/C19H21NO5/c1-5-12-10-16(23-2)17(24-3)11-14(12)18(21)20-15-9-7-6-8-13(15)19(22)25-4/h6-11H,5H2,1-4H3,(H,20,21). The summed E-state index contributed by atoms with van der Waals surface area (Å²) in [6.07, 6.45) is 0.641. The maximum absolute atomic E-state index is 12.8. The van der Waals surface area contributed by atoms with Crippen molar-refractivity contribution < 1.29 is 23.8 Å². The number of carbonyl (C=O) groups excluding carboxylic acids is 2. The molecule has 6 heteroatoms. The lowest BCUT2D eigenvalue weighted by Crippen LogP contribution is -2.17. The molecule has 0 heterocycles. The zero-order valence-electron chi connectivity index (χ0n) is 14.7. The minimum atomic E-state index is -0.515. The number of benzene rings is 2. The average molecular weight is 343 g/mol. The van der Waals surface area contributed by atoms with Crippen LogP contribution in [0.1, 0.15) is 33.2 Å². The molecule has 0 aliphatic rings. The number of esters is 1. The number of carbonyl (C=O) groups is 2. The molecule has 25 heavy (non-hydrogen) atoms. The van der Waals surface area contributed by atoms with Gasteiger partial charge in [0.25, 0.3) is 5.91 Å². The fourth-order valence-corrected chi connectivity index (χ4v) is 2.49. The third-order valence-electron chi connectivity index (χ3n) is 3.82. The first kappa shape index (κ1) is 18.3. The molecule has 0 bridgehead atoms. The summed E-state index contributed by atoms with van der Waals surface area (Å²) < 4.78 is 15.3. The summed E-state index contributed by atoms with van der Waals surface area (Å²) in [7, 11) is 4.35. The van der Waals surface area contributed by atoms with E-state index in [2.05, 4.69) is 5.32 Å². The highest BCUT2D eigenvalue weighted by atomic mass is 16.5. The quantitative estimate of drug-likeness (QED) is 0.815. The van der Waals surface area contributed by atoms with Crippen molar-refractivity contribution >= 4 is 17.6 Å². The van der Waals surface area contributed by atoms with Crippen molar-refractivity contribution in [1.82, 2.24) is 0 Å². The lowest BCUT2D eigenvalue weighted by atomic mass is 10.0. The maximum Gasteiger partial charge on any atom is 0.339 e. The van der Waals surface area contributed by atoms with Gasteiger partial charge in [-0.25, -0.2) is 4.79 Å². The van der Waals surface area contributed by atoms with Crippen LogP contribution in [0.2, 0.25) is 0 Å². The van der Waals surface area contributed by atoms with Gasteiger partial charge in [0, 0.05) is 5.56 Å². The van der Waals surface area contributed by atoms with Crippen LogP contribution < -0.4 is 14.8 Å². The van der Waals surface area contributed by atoms with Crippen LogP contribution in [0.5, 0.6) is 11.5 Å². The summed E-state index contributed by atoms with van der Waals surface area (Å²) in [4.78, 5) is 24.6. The second-order valence-corrected chi connectivity index (χ2v) is 5.21. The van der Waals surface area contributed by atoms with E-state index in [9.17, 15) is 9.59 Å². The fraction of sp³-hybridized carbons (Fsp3) is 0.263. The van der Waals surface area contributed by atoms with Gasteiger partial charge in [-0.15, -0.1) is 0 Å². The van der Waals surface area contributed by atoms with Crippen LogP contribution in [0.3, 0.4) is 0 Å². The van der Waals surface area contributed by atoms with E-state index < -0.39 is 5.97 Å². The summed E-state index contributed by atoms with van der Waals surface area (Å²) in [5, 5.41) is 2.77. The highest BCUT2D eigenvalue weighted by Crippen LogP contribution is 2.31. The first-order chi connectivity index (χ1) is 12.0. The molecule has 2 aromatic carbocycles. The zero-order chi connectivity index (χ0) is 18.4. The Balaban J connectivity index is 2.41. The first-order valence-corrected chi connectivity index (χ1v) is 7.79. The van der Waals surface area contributed by atoms with Crippen LogP contribution >= 0.6 is 0 Å². The number of aryl methyl sites for hydroxylation is 1. The predicted molar refractivity (Wildman–Crippen MR) is 94.7 cm³/mol. The topological polar surface area (TPSA) is 73.9 Å². The predicted octanol–water partition coefficient (Wildman–Crippen LogP) is 3.31. The molecule has 0 spiro atoms. The highest BCUT2D eigenvalue weighted by molar-refractivity contribution is 6.09. The smallest absolute Gasteiger partial charge is 0.339 e. The Hall–Kier alpha value is -3.02. The molecule has 2 aromatic rings. The molecule has 0 aliphatic heterocycles. The molecule has 0 radical (unpaired) electrons. The van der Waals surface area contributed by atoms with Gasteiger partial charge in [0.2, 0.25) is 0 Å². The number of rotatable bonds is 6. The summed E-state index contributed by atoms with van der Waals surface area (Å²) in [6.45, 7) is 1.94. The SMILES string of the molecule is CCc1cc(OC)c(OC)cc1C(=O)Nc1ccccc1C(=O)OC. The summed E-state index contributed by atoms with van der Waals surface area (Å²) in [5.74, 6) is 0.171. The first-order valence-electron chi connectivity index (χ1n) is 7.79. The van der Waals surface area contributed by atoms with Gasteiger partial charge >= 0.3 is 5.97 Å². The largest absolute Gasteiger partial charge is 0.493 e. The number of para-hydroxylation sites is 1. The second-order valence-electron chi connectivity index (χ2n) is 5.21. The Bertz CT molecular complexity index is 785. The number of amides is 1. The van der Waals surface area contributed by atoms with E-state index in [0.717, 1.165) is 5.56 Å². The van der Waals surface area contributed by atoms with E-state index in [0.29, 0.717) is 29.2 Å². The minimum Gasteiger partial charge on any atom is -0.493 e. The van der Waals surface area contributed by atoms with Crippen LogP contribution in [0, 0.1) is 0 Å². The van der Waals surface area contributed by atoms with E-state index in [-0.39, 0.29) is 11.5 Å². The van der Waals surface area contributed by atoms with E-state index in [4.69, 9.17) is 14.2 Å². The molecular formula is C19H21NO5. The Labute approximate surface area is 146 Å². The Morgan fingerprint density at radius 3 is 2.20 bits per heavy atom. The van der Waals surface area contributed by atoms with Crippen molar-refractivity contribution in [3.63, 3.8) is 0 Å². The molecular weight excluding hydrogens is 322 g/mol. The minimum absolute atomic E-state index is 0.289. The summed E-state index contributed by atoms with van der Waals surface area (Å²) >= 11 is 0. The molecule has 0 aromatic heterocycles. The van der Waals surface area contributed by atoms with Gasteiger partial charge in [-0.2, -0.15) is 0 Å². The van der Waals surface area contributed by atoms with E-state index in [1.54, 1.807) is 43.5 Å². The van der Waals surface area contributed by atoms with Gasteiger partial charge in [0.1, 0.15) is 0 Å². The van der Waals surface area contributed by atoms with Gasteiger partial charge in [-0.05, 0) is 36.2 Å². The van der Waals surface area contributed by atoms with Gasteiger partial charge in [0.15, 0.2) is 11.5 Å². The molecule has 0 aliphatic carbocycles. The van der Waals surface area contributed by atoms with Gasteiger partial charge < -0.3 is 19.5 Å². The molecule has 0 atom stereocenters. The summed E-state index contributed by atoms with van der Waals surface area (Å²) in [5.41, 5.74) is 1.94. The number of nitrogens with one attached hydrogen (secondary N) is 1.